The van der Waals surface area contributed by atoms with Gasteiger partial charge >= 0.3 is 0 Å². The summed E-state index contributed by atoms with van der Waals surface area (Å²) in [5.41, 5.74) is 2.09. The molecule has 19 heavy (non-hydrogen) atoms. The SMILES string of the molecule is Cc1c(F)ccnc1-c1ccc2c(Cl)ccnc2n1. The second-order valence-electron chi connectivity index (χ2n) is 4.13. The molecule has 0 amide bonds. The highest BCUT2D eigenvalue weighted by Gasteiger charge is 2.10. The molecule has 0 radical (unpaired) electrons. The lowest BCUT2D eigenvalue weighted by Gasteiger charge is -2.06. The molecule has 0 saturated heterocycles. The molecule has 0 N–H and O–H groups in total. The summed E-state index contributed by atoms with van der Waals surface area (Å²) in [7, 11) is 0. The van der Waals surface area contributed by atoms with Crippen molar-refractivity contribution in [1.82, 2.24) is 15.0 Å². The Morgan fingerprint density at radius 3 is 2.68 bits per heavy atom. The molecule has 3 aromatic heterocycles. The van der Waals surface area contributed by atoms with E-state index in [1.54, 1.807) is 25.3 Å². The van der Waals surface area contributed by atoms with Gasteiger partial charge in [-0.15, -0.1) is 0 Å². The molecule has 0 aliphatic rings. The molecule has 0 fully saturated rings. The van der Waals surface area contributed by atoms with Crippen molar-refractivity contribution in [3.05, 3.63) is 53.1 Å². The van der Waals surface area contributed by atoms with Gasteiger partial charge in [0.25, 0.3) is 0 Å². The number of rotatable bonds is 1. The molecule has 0 bridgehead atoms. The molecular weight excluding hydrogens is 265 g/mol. The van der Waals surface area contributed by atoms with Crippen LogP contribution in [0.3, 0.4) is 0 Å². The Morgan fingerprint density at radius 2 is 1.84 bits per heavy atom. The van der Waals surface area contributed by atoms with Crippen LogP contribution in [0.1, 0.15) is 5.56 Å². The molecule has 0 unspecified atom stereocenters. The van der Waals surface area contributed by atoms with E-state index in [0.717, 1.165) is 5.39 Å². The van der Waals surface area contributed by atoms with Crippen molar-refractivity contribution in [2.24, 2.45) is 0 Å². The predicted molar refractivity (Wildman–Crippen MR) is 72.5 cm³/mol. The van der Waals surface area contributed by atoms with E-state index >= 15 is 0 Å². The van der Waals surface area contributed by atoms with Gasteiger partial charge in [-0.1, -0.05) is 11.6 Å². The first-order valence-electron chi connectivity index (χ1n) is 5.69. The Kier molecular flexibility index (Phi) is 2.87. The largest absolute Gasteiger partial charge is 0.254 e. The minimum Gasteiger partial charge on any atom is -0.254 e. The van der Waals surface area contributed by atoms with Crippen molar-refractivity contribution in [3.63, 3.8) is 0 Å². The van der Waals surface area contributed by atoms with E-state index in [-0.39, 0.29) is 5.82 Å². The van der Waals surface area contributed by atoms with Gasteiger partial charge < -0.3 is 0 Å². The average molecular weight is 274 g/mol. The van der Waals surface area contributed by atoms with Crippen LogP contribution in [0.4, 0.5) is 4.39 Å². The van der Waals surface area contributed by atoms with Gasteiger partial charge in [-0.05, 0) is 31.2 Å². The molecule has 3 rings (SSSR count). The van der Waals surface area contributed by atoms with E-state index < -0.39 is 0 Å². The summed E-state index contributed by atoms with van der Waals surface area (Å²) in [6.07, 6.45) is 3.02. The lowest BCUT2D eigenvalue weighted by atomic mass is 10.1. The Balaban J connectivity index is 2.24. The highest BCUT2D eigenvalue weighted by molar-refractivity contribution is 6.35. The van der Waals surface area contributed by atoms with Gasteiger partial charge in [-0.25, -0.2) is 14.4 Å². The van der Waals surface area contributed by atoms with Crippen molar-refractivity contribution in [2.45, 2.75) is 6.92 Å². The first-order chi connectivity index (χ1) is 9.16. The molecule has 0 aromatic carbocycles. The Hall–Kier alpha value is -2.07. The third kappa shape index (κ3) is 2.04. The monoisotopic (exact) mass is 273 g/mol. The number of pyridine rings is 3. The Labute approximate surface area is 114 Å². The summed E-state index contributed by atoms with van der Waals surface area (Å²) in [6, 6.07) is 6.62. The van der Waals surface area contributed by atoms with Crippen molar-refractivity contribution in [1.29, 1.82) is 0 Å². The minimum absolute atomic E-state index is 0.300. The summed E-state index contributed by atoms with van der Waals surface area (Å²) < 4.78 is 13.5. The van der Waals surface area contributed by atoms with Gasteiger partial charge in [0, 0.05) is 23.3 Å². The Morgan fingerprint density at radius 1 is 1.05 bits per heavy atom. The second-order valence-corrected chi connectivity index (χ2v) is 4.53. The van der Waals surface area contributed by atoms with Gasteiger partial charge in [0.15, 0.2) is 5.65 Å². The number of fused-ring (bicyclic) bond motifs is 1. The maximum Gasteiger partial charge on any atom is 0.161 e. The predicted octanol–water partition coefficient (Wildman–Crippen LogP) is 3.79. The number of aromatic nitrogens is 3. The van der Waals surface area contributed by atoms with Crippen LogP contribution < -0.4 is 0 Å². The van der Waals surface area contributed by atoms with Crippen molar-refractivity contribution in [2.75, 3.05) is 0 Å². The van der Waals surface area contributed by atoms with Gasteiger partial charge in [-0.3, -0.25) is 4.98 Å². The molecule has 94 valence electrons. The molecule has 3 nitrogen and oxygen atoms in total. The van der Waals surface area contributed by atoms with Gasteiger partial charge in [0.1, 0.15) is 5.82 Å². The normalized spacial score (nSPS) is 10.9. The zero-order chi connectivity index (χ0) is 13.4. The fourth-order valence-electron chi connectivity index (χ4n) is 1.90. The summed E-state index contributed by atoms with van der Waals surface area (Å²) in [6.45, 7) is 1.68. The smallest absolute Gasteiger partial charge is 0.161 e. The topological polar surface area (TPSA) is 38.7 Å². The fourth-order valence-corrected chi connectivity index (χ4v) is 2.10. The van der Waals surface area contributed by atoms with E-state index in [9.17, 15) is 4.39 Å². The number of hydrogen-bond acceptors (Lipinski definition) is 3. The minimum atomic E-state index is -0.300. The van der Waals surface area contributed by atoms with E-state index in [1.165, 1.54) is 12.3 Å². The molecule has 0 spiro atoms. The van der Waals surface area contributed by atoms with Crippen LogP contribution >= 0.6 is 11.6 Å². The zero-order valence-electron chi connectivity index (χ0n) is 10.1. The van der Waals surface area contributed by atoms with Crippen molar-refractivity contribution >= 4 is 22.6 Å². The van der Waals surface area contributed by atoms with Crippen LogP contribution in [0.5, 0.6) is 0 Å². The zero-order valence-corrected chi connectivity index (χ0v) is 10.8. The Bertz CT molecular complexity index is 774. The van der Waals surface area contributed by atoms with Crippen molar-refractivity contribution < 1.29 is 4.39 Å². The standard InChI is InChI=1S/C14H9ClFN3/c1-8-11(16)5-7-17-13(8)12-3-2-9-10(15)4-6-18-14(9)19-12/h2-7H,1H3. The van der Waals surface area contributed by atoms with Crippen LogP contribution in [0.15, 0.2) is 36.7 Å². The van der Waals surface area contributed by atoms with Gasteiger partial charge in [0.2, 0.25) is 0 Å². The molecule has 3 aromatic rings. The molecule has 5 heteroatoms. The number of halogens is 2. The molecule has 0 saturated carbocycles. The maximum atomic E-state index is 13.5. The highest BCUT2D eigenvalue weighted by Crippen LogP contribution is 2.25. The number of hydrogen-bond donors (Lipinski definition) is 0. The fraction of sp³-hybridized carbons (Fsp3) is 0.0714. The molecule has 0 aliphatic heterocycles. The third-order valence-electron chi connectivity index (χ3n) is 2.93. The van der Waals surface area contributed by atoms with Crippen molar-refractivity contribution in [3.8, 4) is 11.4 Å². The van der Waals surface area contributed by atoms with Crippen LogP contribution in [-0.2, 0) is 0 Å². The van der Waals surface area contributed by atoms with Crippen LogP contribution in [0, 0.1) is 12.7 Å². The molecule has 0 aliphatic carbocycles. The molecule has 0 atom stereocenters. The van der Waals surface area contributed by atoms with E-state index in [0.29, 0.717) is 27.6 Å². The highest BCUT2D eigenvalue weighted by atomic mass is 35.5. The lowest BCUT2D eigenvalue weighted by molar-refractivity contribution is 0.616. The molecular formula is C14H9ClFN3. The lowest BCUT2D eigenvalue weighted by Crippen LogP contribution is -1.95. The summed E-state index contributed by atoms with van der Waals surface area (Å²) in [5.74, 6) is -0.300. The van der Waals surface area contributed by atoms with Gasteiger partial charge in [-0.2, -0.15) is 0 Å². The van der Waals surface area contributed by atoms with E-state index in [2.05, 4.69) is 15.0 Å². The third-order valence-corrected chi connectivity index (χ3v) is 3.26. The van der Waals surface area contributed by atoms with Crippen LogP contribution in [0.25, 0.3) is 22.4 Å². The van der Waals surface area contributed by atoms with E-state index in [1.807, 2.05) is 6.07 Å². The summed E-state index contributed by atoms with van der Waals surface area (Å²) in [4.78, 5) is 12.7. The molecule has 3 heterocycles. The second kappa shape index (κ2) is 4.55. The van der Waals surface area contributed by atoms with E-state index in [4.69, 9.17) is 11.6 Å². The average Bonchev–Trinajstić information content (AvgIpc) is 2.42. The summed E-state index contributed by atoms with van der Waals surface area (Å²) in [5, 5.41) is 1.36. The van der Waals surface area contributed by atoms with Gasteiger partial charge in [0.05, 0.1) is 16.4 Å². The van der Waals surface area contributed by atoms with Crippen LogP contribution in [0.2, 0.25) is 5.02 Å². The number of nitrogens with zero attached hydrogens (tertiary/aromatic N) is 3. The maximum absolute atomic E-state index is 13.5. The first kappa shape index (κ1) is 12.0. The quantitative estimate of drug-likeness (QED) is 0.677. The van der Waals surface area contributed by atoms with Crippen LogP contribution in [-0.4, -0.2) is 15.0 Å². The summed E-state index contributed by atoms with van der Waals surface area (Å²) >= 11 is 6.06. The first-order valence-corrected chi connectivity index (χ1v) is 6.07.